The first-order valence-electron chi connectivity index (χ1n) is 7.43. The van der Waals surface area contributed by atoms with E-state index in [0.717, 1.165) is 19.3 Å². The average Bonchev–Trinajstić information content (AvgIpc) is 2.96. The van der Waals surface area contributed by atoms with Crippen LogP contribution in [0, 0.1) is 0 Å². The van der Waals surface area contributed by atoms with E-state index in [9.17, 15) is 4.79 Å². The van der Waals surface area contributed by atoms with Crippen LogP contribution in [0.3, 0.4) is 0 Å². The van der Waals surface area contributed by atoms with Gasteiger partial charge in [-0.2, -0.15) is 0 Å². The number of aryl methyl sites for hydroxylation is 1. The molecule has 0 spiro atoms. The largest absolute Gasteiger partial charge is 0.377 e. The molecule has 0 saturated heterocycles. The summed E-state index contributed by atoms with van der Waals surface area (Å²) in [5.74, 6) is 0.347. The van der Waals surface area contributed by atoms with Crippen molar-refractivity contribution in [3.8, 4) is 0 Å². The zero-order valence-corrected chi connectivity index (χ0v) is 12.9. The summed E-state index contributed by atoms with van der Waals surface area (Å²) in [5, 5.41) is 6.91. The highest BCUT2D eigenvalue weighted by molar-refractivity contribution is 5.92. The SMILES string of the molecule is COCc1cc(C(=O)N[C@]2(C)CCc3ccccc3C2)no1. The van der Waals surface area contributed by atoms with Crippen molar-refractivity contribution in [2.24, 2.45) is 0 Å². The molecule has 1 aliphatic rings. The second-order valence-corrected chi connectivity index (χ2v) is 6.07. The Kier molecular flexibility index (Phi) is 3.98. The molecule has 1 atom stereocenters. The van der Waals surface area contributed by atoms with Crippen molar-refractivity contribution in [2.45, 2.75) is 38.3 Å². The van der Waals surface area contributed by atoms with Crippen LogP contribution >= 0.6 is 0 Å². The van der Waals surface area contributed by atoms with E-state index in [-0.39, 0.29) is 11.4 Å². The fraction of sp³-hybridized carbons (Fsp3) is 0.412. The molecule has 1 aromatic carbocycles. The maximum atomic E-state index is 12.4. The molecular weight excluding hydrogens is 280 g/mol. The van der Waals surface area contributed by atoms with Crippen molar-refractivity contribution in [1.82, 2.24) is 10.5 Å². The van der Waals surface area contributed by atoms with Gasteiger partial charge in [-0.1, -0.05) is 29.4 Å². The maximum Gasteiger partial charge on any atom is 0.273 e. The van der Waals surface area contributed by atoms with Gasteiger partial charge >= 0.3 is 0 Å². The molecule has 0 radical (unpaired) electrons. The van der Waals surface area contributed by atoms with Gasteiger partial charge in [0, 0.05) is 18.7 Å². The van der Waals surface area contributed by atoms with Crippen molar-refractivity contribution in [1.29, 1.82) is 0 Å². The van der Waals surface area contributed by atoms with Gasteiger partial charge in [-0.25, -0.2) is 0 Å². The lowest BCUT2D eigenvalue weighted by Gasteiger charge is -2.35. The summed E-state index contributed by atoms with van der Waals surface area (Å²) in [4.78, 5) is 12.4. The summed E-state index contributed by atoms with van der Waals surface area (Å²) in [6, 6.07) is 10.0. The Morgan fingerprint density at radius 3 is 2.95 bits per heavy atom. The molecule has 1 amide bonds. The van der Waals surface area contributed by atoms with Crippen LogP contribution in [-0.4, -0.2) is 23.7 Å². The molecule has 0 aliphatic heterocycles. The smallest absolute Gasteiger partial charge is 0.273 e. The number of aromatic nitrogens is 1. The Hall–Kier alpha value is -2.14. The number of benzene rings is 1. The van der Waals surface area contributed by atoms with Crippen molar-refractivity contribution in [3.05, 3.63) is 52.9 Å². The highest BCUT2D eigenvalue weighted by Gasteiger charge is 2.32. The average molecular weight is 300 g/mol. The van der Waals surface area contributed by atoms with Gasteiger partial charge in [0.15, 0.2) is 11.5 Å². The number of nitrogens with zero attached hydrogens (tertiary/aromatic N) is 1. The van der Waals surface area contributed by atoms with E-state index in [1.165, 1.54) is 11.1 Å². The molecule has 1 aromatic heterocycles. The second kappa shape index (κ2) is 5.93. The Balaban J connectivity index is 1.71. The molecule has 2 aromatic rings. The molecule has 5 nitrogen and oxygen atoms in total. The van der Waals surface area contributed by atoms with E-state index in [1.54, 1.807) is 13.2 Å². The molecule has 0 unspecified atom stereocenters. The number of hydrogen-bond acceptors (Lipinski definition) is 4. The molecule has 1 heterocycles. The summed E-state index contributed by atoms with van der Waals surface area (Å²) < 4.78 is 10.0. The number of carbonyl (C=O) groups is 1. The summed E-state index contributed by atoms with van der Waals surface area (Å²) in [7, 11) is 1.57. The van der Waals surface area contributed by atoms with E-state index < -0.39 is 0 Å². The van der Waals surface area contributed by atoms with Crippen LogP contribution in [-0.2, 0) is 24.2 Å². The first-order chi connectivity index (χ1) is 10.6. The van der Waals surface area contributed by atoms with E-state index >= 15 is 0 Å². The minimum Gasteiger partial charge on any atom is -0.377 e. The molecule has 0 bridgehead atoms. The number of fused-ring (bicyclic) bond motifs is 1. The molecule has 3 rings (SSSR count). The van der Waals surface area contributed by atoms with Crippen LogP contribution in [0.2, 0.25) is 0 Å². The third kappa shape index (κ3) is 3.04. The van der Waals surface area contributed by atoms with E-state index in [4.69, 9.17) is 9.26 Å². The summed E-state index contributed by atoms with van der Waals surface area (Å²) in [6.07, 6.45) is 2.72. The van der Waals surface area contributed by atoms with Gasteiger partial charge in [-0.15, -0.1) is 0 Å². The van der Waals surface area contributed by atoms with Crippen LogP contribution in [0.5, 0.6) is 0 Å². The third-order valence-corrected chi connectivity index (χ3v) is 4.14. The molecule has 5 heteroatoms. The van der Waals surface area contributed by atoms with E-state index in [1.807, 2.05) is 6.07 Å². The standard InChI is InChI=1S/C17H20N2O3/c1-17(8-7-12-5-3-4-6-13(12)10-17)18-16(20)15-9-14(11-21-2)22-19-15/h3-6,9H,7-8,10-11H2,1-2H3,(H,18,20)/t17-/m1/s1. The number of amides is 1. The monoisotopic (exact) mass is 300 g/mol. The van der Waals surface area contributed by atoms with E-state index in [2.05, 4.69) is 35.6 Å². The second-order valence-electron chi connectivity index (χ2n) is 6.07. The first kappa shape index (κ1) is 14.8. The molecular formula is C17H20N2O3. The predicted molar refractivity (Wildman–Crippen MR) is 81.6 cm³/mol. The lowest BCUT2D eigenvalue weighted by molar-refractivity contribution is 0.0888. The highest BCUT2D eigenvalue weighted by atomic mass is 16.5. The summed E-state index contributed by atoms with van der Waals surface area (Å²) in [5.41, 5.74) is 2.72. The summed E-state index contributed by atoms with van der Waals surface area (Å²) in [6.45, 7) is 2.39. The number of methoxy groups -OCH3 is 1. The maximum absolute atomic E-state index is 12.4. The zero-order valence-electron chi connectivity index (χ0n) is 12.9. The van der Waals surface area contributed by atoms with Crippen molar-refractivity contribution >= 4 is 5.91 Å². The van der Waals surface area contributed by atoms with Crippen LogP contribution in [0.25, 0.3) is 0 Å². The van der Waals surface area contributed by atoms with Crippen LogP contribution in [0.15, 0.2) is 34.9 Å². The minimum absolute atomic E-state index is 0.201. The van der Waals surface area contributed by atoms with Crippen molar-refractivity contribution in [3.63, 3.8) is 0 Å². The lowest BCUT2D eigenvalue weighted by Crippen LogP contribution is -2.49. The summed E-state index contributed by atoms with van der Waals surface area (Å²) >= 11 is 0. The minimum atomic E-state index is -0.258. The Morgan fingerprint density at radius 2 is 2.18 bits per heavy atom. The molecule has 116 valence electrons. The Labute approximate surface area is 129 Å². The molecule has 0 fully saturated rings. The van der Waals surface area contributed by atoms with Gasteiger partial charge in [-0.05, 0) is 37.3 Å². The fourth-order valence-corrected chi connectivity index (χ4v) is 2.97. The van der Waals surface area contributed by atoms with E-state index in [0.29, 0.717) is 18.1 Å². The lowest BCUT2D eigenvalue weighted by atomic mass is 9.79. The number of nitrogens with one attached hydrogen (secondary N) is 1. The number of hydrogen-bond donors (Lipinski definition) is 1. The number of rotatable bonds is 4. The Morgan fingerprint density at radius 1 is 1.41 bits per heavy atom. The normalized spacial score (nSPS) is 20.5. The zero-order chi connectivity index (χ0) is 15.6. The molecule has 22 heavy (non-hydrogen) atoms. The van der Waals surface area contributed by atoms with Gasteiger partial charge in [0.1, 0.15) is 6.61 Å². The van der Waals surface area contributed by atoms with Crippen molar-refractivity contribution in [2.75, 3.05) is 7.11 Å². The Bertz CT molecular complexity index is 680. The fourth-order valence-electron chi connectivity index (χ4n) is 2.97. The van der Waals surface area contributed by atoms with Crippen LogP contribution < -0.4 is 5.32 Å². The van der Waals surface area contributed by atoms with Crippen molar-refractivity contribution < 1.29 is 14.1 Å². The first-order valence-corrected chi connectivity index (χ1v) is 7.43. The molecule has 0 saturated carbocycles. The van der Waals surface area contributed by atoms with Gasteiger partial charge in [0.2, 0.25) is 0 Å². The third-order valence-electron chi connectivity index (χ3n) is 4.14. The highest BCUT2D eigenvalue weighted by Crippen LogP contribution is 2.28. The quantitative estimate of drug-likeness (QED) is 0.942. The van der Waals surface area contributed by atoms with Gasteiger partial charge in [0.05, 0.1) is 0 Å². The molecule has 1 aliphatic carbocycles. The number of ether oxygens (including phenoxy) is 1. The van der Waals surface area contributed by atoms with Crippen LogP contribution in [0.1, 0.15) is 40.7 Å². The van der Waals surface area contributed by atoms with Gasteiger partial charge in [0.25, 0.3) is 5.91 Å². The topological polar surface area (TPSA) is 64.4 Å². The number of carbonyl (C=O) groups excluding carboxylic acids is 1. The van der Waals surface area contributed by atoms with Crippen LogP contribution in [0.4, 0.5) is 0 Å². The van der Waals surface area contributed by atoms with Gasteiger partial charge in [-0.3, -0.25) is 4.79 Å². The predicted octanol–water partition coefficient (Wildman–Crippen LogP) is 2.50. The van der Waals surface area contributed by atoms with Gasteiger partial charge < -0.3 is 14.6 Å². The molecule has 1 N–H and O–H groups in total.